The summed E-state index contributed by atoms with van der Waals surface area (Å²) in [6.07, 6.45) is 0. The van der Waals surface area contributed by atoms with Crippen molar-refractivity contribution in [2.45, 2.75) is 19.4 Å². The lowest BCUT2D eigenvalue weighted by atomic mass is 10.0. The molecule has 0 saturated heterocycles. The van der Waals surface area contributed by atoms with E-state index in [2.05, 4.69) is 10.3 Å². The molecule has 1 atom stereocenters. The third-order valence-electron chi connectivity index (χ3n) is 4.07. The van der Waals surface area contributed by atoms with Gasteiger partial charge in [0, 0.05) is 13.1 Å². The van der Waals surface area contributed by atoms with Gasteiger partial charge in [0.15, 0.2) is 0 Å². The lowest BCUT2D eigenvalue weighted by Crippen LogP contribution is -2.31. The first-order chi connectivity index (χ1) is 11.6. The highest BCUT2D eigenvalue weighted by Gasteiger charge is 2.15. The van der Waals surface area contributed by atoms with Gasteiger partial charge in [-0.3, -0.25) is 4.79 Å². The molecule has 0 spiro atoms. The van der Waals surface area contributed by atoms with Crippen molar-refractivity contribution in [1.82, 2.24) is 14.9 Å². The summed E-state index contributed by atoms with van der Waals surface area (Å²) >= 11 is 6.24. The van der Waals surface area contributed by atoms with Crippen LogP contribution in [0.2, 0.25) is 5.02 Å². The number of benzene rings is 2. The van der Waals surface area contributed by atoms with Crippen LogP contribution >= 0.6 is 11.6 Å². The molecule has 0 bridgehead atoms. The van der Waals surface area contributed by atoms with Gasteiger partial charge in [-0.25, -0.2) is 4.98 Å². The molecular weight excluding hydrogens is 324 g/mol. The molecule has 1 amide bonds. The molecule has 1 heterocycles. The number of halogens is 1. The molecule has 0 fully saturated rings. The number of nitrogen functional groups attached to an aromatic ring is 1. The molecule has 5 nitrogen and oxygen atoms in total. The zero-order valence-corrected chi connectivity index (χ0v) is 14.1. The first kappa shape index (κ1) is 16.3. The number of carbonyl (C=O) groups is 1. The van der Waals surface area contributed by atoms with Gasteiger partial charge in [0.2, 0.25) is 11.9 Å². The number of hydrogen-bond acceptors (Lipinski definition) is 3. The van der Waals surface area contributed by atoms with E-state index < -0.39 is 0 Å². The molecular formula is C18H19ClN4O. The van der Waals surface area contributed by atoms with Gasteiger partial charge in [0.1, 0.15) is 0 Å². The number of carbonyl (C=O) groups excluding carboxylic acids is 1. The summed E-state index contributed by atoms with van der Waals surface area (Å²) in [4.78, 5) is 16.6. The Morgan fingerprint density at radius 2 is 2.00 bits per heavy atom. The topological polar surface area (TPSA) is 72.9 Å². The summed E-state index contributed by atoms with van der Waals surface area (Å²) in [5.74, 6) is 0.172. The number of aromatic nitrogens is 2. The fourth-order valence-electron chi connectivity index (χ4n) is 2.72. The van der Waals surface area contributed by atoms with Gasteiger partial charge in [0.05, 0.1) is 22.0 Å². The van der Waals surface area contributed by atoms with E-state index in [1.165, 1.54) is 0 Å². The van der Waals surface area contributed by atoms with Crippen LogP contribution in [0.4, 0.5) is 5.95 Å². The summed E-state index contributed by atoms with van der Waals surface area (Å²) in [5, 5.41) is 3.54. The number of amides is 1. The number of rotatable bonds is 5. The monoisotopic (exact) mass is 342 g/mol. The van der Waals surface area contributed by atoms with Crippen LogP contribution in [0.3, 0.4) is 0 Å². The smallest absolute Gasteiger partial charge is 0.227 e. The predicted octanol–water partition coefficient (Wildman–Crippen LogP) is 3.19. The Balaban J connectivity index is 1.67. The van der Waals surface area contributed by atoms with Crippen LogP contribution in [0.15, 0.2) is 48.5 Å². The van der Waals surface area contributed by atoms with Crippen molar-refractivity contribution < 1.29 is 4.79 Å². The van der Waals surface area contributed by atoms with Gasteiger partial charge in [0.25, 0.3) is 0 Å². The Kier molecular flexibility index (Phi) is 4.71. The number of anilines is 1. The molecule has 0 radical (unpaired) electrons. The maximum Gasteiger partial charge on any atom is 0.227 e. The molecule has 24 heavy (non-hydrogen) atoms. The van der Waals surface area contributed by atoms with Crippen molar-refractivity contribution in [2.24, 2.45) is 0 Å². The van der Waals surface area contributed by atoms with Crippen molar-refractivity contribution in [2.75, 3.05) is 12.3 Å². The zero-order chi connectivity index (χ0) is 17.1. The Hall–Kier alpha value is -2.53. The zero-order valence-electron chi connectivity index (χ0n) is 13.4. The molecule has 6 heteroatoms. The molecule has 2 aromatic carbocycles. The average Bonchev–Trinajstić information content (AvgIpc) is 2.92. The second-order valence-corrected chi connectivity index (χ2v) is 6.06. The number of nitrogens with two attached hydrogens (primary N) is 1. The van der Waals surface area contributed by atoms with E-state index in [0.717, 1.165) is 16.6 Å². The van der Waals surface area contributed by atoms with Gasteiger partial charge in [-0.2, -0.15) is 0 Å². The summed E-state index contributed by atoms with van der Waals surface area (Å²) in [6.45, 7) is 2.86. The molecule has 1 unspecified atom stereocenters. The normalized spacial score (nSPS) is 12.2. The Morgan fingerprint density at radius 1 is 1.25 bits per heavy atom. The first-order valence-electron chi connectivity index (χ1n) is 7.81. The second kappa shape index (κ2) is 6.93. The van der Waals surface area contributed by atoms with Crippen molar-refractivity contribution in [3.05, 3.63) is 59.1 Å². The fraction of sp³-hybridized carbons (Fsp3) is 0.222. The maximum absolute atomic E-state index is 12.3. The summed E-state index contributed by atoms with van der Waals surface area (Å²) in [7, 11) is 0. The minimum absolute atomic E-state index is 0.0183. The van der Waals surface area contributed by atoms with E-state index in [1.54, 1.807) is 6.07 Å². The standard InChI is InChI=1S/C18H19ClN4O/c1-12(13-6-3-2-4-7-13)17(24)21-10-11-23-16-14(19)8-5-9-15(16)22-18(23)20/h2-9,12H,10-11H2,1H3,(H2,20,22)(H,21,24). The van der Waals surface area contributed by atoms with E-state index >= 15 is 0 Å². The number of para-hydroxylation sites is 1. The van der Waals surface area contributed by atoms with E-state index in [9.17, 15) is 4.79 Å². The SMILES string of the molecule is CC(C(=O)NCCn1c(N)nc2cccc(Cl)c21)c1ccccc1. The van der Waals surface area contributed by atoms with Crippen LogP contribution in [0.5, 0.6) is 0 Å². The lowest BCUT2D eigenvalue weighted by Gasteiger charge is -2.13. The van der Waals surface area contributed by atoms with Crippen molar-refractivity contribution >= 4 is 34.5 Å². The molecule has 3 N–H and O–H groups in total. The minimum Gasteiger partial charge on any atom is -0.369 e. The van der Waals surface area contributed by atoms with Gasteiger partial charge in [-0.1, -0.05) is 48.0 Å². The molecule has 0 aliphatic carbocycles. The predicted molar refractivity (Wildman–Crippen MR) is 97.0 cm³/mol. The van der Waals surface area contributed by atoms with Crippen molar-refractivity contribution in [3.8, 4) is 0 Å². The van der Waals surface area contributed by atoms with Crippen molar-refractivity contribution in [1.29, 1.82) is 0 Å². The summed E-state index contributed by atoms with van der Waals surface area (Å²) < 4.78 is 1.82. The highest BCUT2D eigenvalue weighted by atomic mass is 35.5. The number of hydrogen-bond donors (Lipinski definition) is 2. The number of nitrogens with zero attached hydrogens (tertiary/aromatic N) is 2. The average molecular weight is 343 g/mol. The molecule has 0 aliphatic heterocycles. The van der Waals surface area contributed by atoms with Gasteiger partial charge in [-0.05, 0) is 24.6 Å². The highest BCUT2D eigenvalue weighted by Crippen LogP contribution is 2.25. The van der Waals surface area contributed by atoms with E-state index in [-0.39, 0.29) is 11.8 Å². The van der Waals surface area contributed by atoms with Crippen LogP contribution in [-0.2, 0) is 11.3 Å². The maximum atomic E-state index is 12.3. The van der Waals surface area contributed by atoms with Crippen LogP contribution in [0, 0.1) is 0 Å². The van der Waals surface area contributed by atoms with Crippen LogP contribution < -0.4 is 11.1 Å². The Morgan fingerprint density at radius 3 is 2.75 bits per heavy atom. The third-order valence-corrected chi connectivity index (χ3v) is 4.38. The van der Waals surface area contributed by atoms with Gasteiger partial charge >= 0.3 is 0 Å². The van der Waals surface area contributed by atoms with Crippen LogP contribution in [-0.4, -0.2) is 22.0 Å². The number of fused-ring (bicyclic) bond motifs is 1. The van der Waals surface area contributed by atoms with Gasteiger partial charge in [-0.15, -0.1) is 0 Å². The molecule has 124 valence electrons. The molecule has 0 saturated carbocycles. The number of nitrogens with one attached hydrogen (secondary N) is 1. The first-order valence-corrected chi connectivity index (χ1v) is 8.18. The van der Waals surface area contributed by atoms with Crippen LogP contribution in [0.25, 0.3) is 11.0 Å². The fourth-order valence-corrected chi connectivity index (χ4v) is 2.99. The summed E-state index contributed by atoms with van der Waals surface area (Å²) in [6, 6.07) is 15.2. The molecule has 3 rings (SSSR count). The third kappa shape index (κ3) is 3.21. The van der Waals surface area contributed by atoms with E-state index in [0.29, 0.717) is 24.1 Å². The highest BCUT2D eigenvalue weighted by molar-refractivity contribution is 6.35. The Labute approximate surface area is 145 Å². The van der Waals surface area contributed by atoms with Crippen molar-refractivity contribution in [3.63, 3.8) is 0 Å². The Bertz CT molecular complexity index is 860. The molecule has 1 aromatic heterocycles. The lowest BCUT2D eigenvalue weighted by molar-refractivity contribution is -0.122. The number of imidazole rings is 1. The second-order valence-electron chi connectivity index (χ2n) is 5.65. The van der Waals surface area contributed by atoms with E-state index in [1.807, 2.05) is 54.0 Å². The largest absolute Gasteiger partial charge is 0.369 e. The minimum atomic E-state index is -0.202. The van der Waals surface area contributed by atoms with E-state index in [4.69, 9.17) is 17.3 Å². The molecule has 0 aliphatic rings. The summed E-state index contributed by atoms with van der Waals surface area (Å²) in [5.41, 5.74) is 8.51. The quantitative estimate of drug-likeness (QED) is 0.747. The van der Waals surface area contributed by atoms with Crippen LogP contribution in [0.1, 0.15) is 18.4 Å². The molecule has 3 aromatic rings. The van der Waals surface area contributed by atoms with Gasteiger partial charge < -0.3 is 15.6 Å².